The van der Waals surface area contributed by atoms with E-state index in [1.807, 2.05) is 6.07 Å². The van der Waals surface area contributed by atoms with Crippen molar-refractivity contribution in [1.82, 2.24) is 0 Å². The number of rotatable bonds is 10. The third-order valence-corrected chi connectivity index (χ3v) is 6.83. The minimum Gasteiger partial charge on any atom is -0.379 e. The summed E-state index contributed by atoms with van der Waals surface area (Å²) in [5.74, 6) is 0.518. The fraction of sp³-hybridized carbons (Fsp3) is 0.714. The average Bonchev–Trinajstić information content (AvgIpc) is 2.59. The van der Waals surface area contributed by atoms with Gasteiger partial charge in [-0.05, 0) is 30.4 Å². The molecule has 2 rings (SSSR count). The highest BCUT2D eigenvalue weighted by molar-refractivity contribution is 6.76. The maximum absolute atomic E-state index is 6.30. The lowest BCUT2D eigenvalue weighted by Crippen LogP contribution is -2.52. The number of benzene rings is 1. The van der Waals surface area contributed by atoms with Crippen molar-refractivity contribution in [3.8, 4) is 0 Å². The molecule has 0 spiro atoms. The molecule has 1 aliphatic heterocycles. The second kappa shape index (κ2) is 9.86. The second-order valence-corrected chi connectivity index (χ2v) is 14.1. The Balaban J connectivity index is 1.91. The molecule has 3 nitrogen and oxygen atoms in total. The molecule has 1 aliphatic rings. The molecular formula is C21H36O3Si. The van der Waals surface area contributed by atoms with Gasteiger partial charge in [-0.3, -0.25) is 0 Å². The van der Waals surface area contributed by atoms with Crippen molar-refractivity contribution in [3.05, 3.63) is 35.9 Å². The molecule has 1 saturated heterocycles. The zero-order valence-electron chi connectivity index (χ0n) is 16.6. The monoisotopic (exact) mass is 364 g/mol. The van der Waals surface area contributed by atoms with Gasteiger partial charge in [0.2, 0.25) is 0 Å². The molecule has 1 heterocycles. The lowest BCUT2D eigenvalue weighted by molar-refractivity contribution is -0.188. The smallest absolute Gasteiger partial charge is 0.117 e. The van der Waals surface area contributed by atoms with E-state index in [9.17, 15) is 0 Å². The molecule has 1 aromatic rings. The van der Waals surface area contributed by atoms with Gasteiger partial charge < -0.3 is 14.2 Å². The third kappa shape index (κ3) is 6.85. The minimum absolute atomic E-state index is 0.277. The van der Waals surface area contributed by atoms with Crippen molar-refractivity contribution in [2.75, 3.05) is 26.4 Å². The first-order chi connectivity index (χ1) is 12.0. The fourth-order valence-corrected chi connectivity index (χ4v) is 4.22. The van der Waals surface area contributed by atoms with Crippen molar-refractivity contribution >= 4 is 8.07 Å². The lowest BCUT2D eigenvalue weighted by atomic mass is 9.81. The third-order valence-electron chi connectivity index (χ3n) is 5.12. The van der Waals surface area contributed by atoms with E-state index in [0.717, 1.165) is 26.1 Å². The number of ether oxygens (including phenoxy) is 3. The van der Waals surface area contributed by atoms with E-state index in [-0.39, 0.29) is 5.60 Å². The first-order valence-corrected chi connectivity index (χ1v) is 13.5. The standard InChI is InChI=1S/C21H36O3Si/c1-5-20-12-9-13-24-21(20,17-22-14-15-25(2,3)4)18-23-16-19-10-7-6-8-11-19/h6-8,10-11,20H,5,9,12-18H2,1-4H3. The molecule has 25 heavy (non-hydrogen) atoms. The van der Waals surface area contributed by atoms with Gasteiger partial charge in [0, 0.05) is 21.3 Å². The highest BCUT2D eigenvalue weighted by Crippen LogP contribution is 2.35. The first kappa shape index (κ1) is 20.6. The summed E-state index contributed by atoms with van der Waals surface area (Å²) in [5.41, 5.74) is 0.933. The molecule has 2 atom stereocenters. The molecule has 0 N–H and O–H groups in total. The van der Waals surface area contributed by atoms with Crippen LogP contribution in [-0.4, -0.2) is 40.1 Å². The zero-order valence-corrected chi connectivity index (χ0v) is 17.6. The highest BCUT2D eigenvalue weighted by atomic mass is 28.3. The van der Waals surface area contributed by atoms with Crippen molar-refractivity contribution in [2.45, 2.75) is 64.1 Å². The molecule has 0 bridgehead atoms. The SMILES string of the molecule is CCC1CCCOC1(COCC[Si](C)(C)C)COCc1ccccc1. The molecule has 142 valence electrons. The summed E-state index contributed by atoms with van der Waals surface area (Å²) in [5, 5.41) is 0. The van der Waals surface area contributed by atoms with Gasteiger partial charge in [-0.25, -0.2) is 0 Å². The van der Waals surface area contributed by atoms with E-state index in [2.05, 4.69) is 50.8 Å². The van der Waals surface area contributed by atoms with Crippen LogP contribution in [0.5, 0.6) is 0 Å². The van der Waals surface area contributed by atoms with Crippen LogP contribution in [0.3, 0.4) is 0 Å². The van der Waals surface area contributed by atoms with Crippen LogP contribution in [0.25, 0.3) is 0 Å². The Morgan fingerprint density at radius 2 is 1.84 bits per heavy atom. The van der Waals surface area contributed by atoms with Crippen LogP contribution >= 0.6 is 0 Å². The predicted octanol–water partition coefficient (Wildman–Crippen LogP) is 5.13. The van der Waals surface area contributed by atoms with Gasteiger partial charge in [0.25, 0.3) is 0 Å². The summed E-state index contributed by atoms with van der Waals surface area (Å²) < 4.78 is 18.5. The van der Waals surface area contributed by atoms with Gasteiger partial charge in [0.15, 0.2) is 0 Å². The summed E-state index contributed by atoms with van der Waals surface area (Å²) in [4.78, 5) is 0. The normalized spacial score (nSPS) is 24.4. The Kier molecular flexibility index (Phi) is 8.14. The van der Waals surface area contributed by atoms with Crippen LogP contribution in [0.2, 0.25) is 25.7 Å². The van der Waals surface area contributed by atoms with Crippen LogP contribution in [0.15, 0.2) is 30.3 Å². The number of hydrogen-bond acceptors (Lipinski definition) is 3. The molecule has 0 amide bonds. The molecule has 1 aromatic carbocycles. The van der Waals surface area contributed by atoms with Crippen LogP contribution in [0, 0.1) is 5.92 Å². The fourth-order valence-electron chi connectivity index (χ4n) is 3.46. The van der Waals surface area contributed by atoms with Gasteiger partial charge in [-0.15, -0.1) is 0 Å². The van der Waals surface area contributed by atoms with E-state index >= 15 is 0 Å². The Labute approximate surface area is 155 Å². The largest absolute Gasteiger partial charge is 0.379 e. The van der Waals surface area contributed by atoms with E-state index in [1.54, 1.807) is 0 Å². The predicted molar refractivity (Wildman–Crippen MR) is 107 cm³/mol. The van der Waals surface area contributed by atoms with Crippen LogP contribution in [-0.2, 0) is 20.8 Å². The first-order valence-electron chi connectivity index (χ1n) is 9.78. The highest BCUT2D eigenvalue weighted by Gasteiger charge is 2.42. The van der Waals surface area contributed by atoms with Crippen molar-refractivity contribution in [2.24, 2.45) is 5.92 Å². The maximum Gasteiger partial charge on any atom is 0.117 e. The Morgan fingerprint density at radius 1 is 1.12 bits per heavy atom. The second-order valence-electron chi connectivity index (χ2n) is 8.50. The van der Waals surface area contributed by atoms with Crippen LogP contribution < -0.4 is 0 Å². The Hall–Kier alpha value is -0.683. The Bertz CT molecular complexity index is 486. The summed E-state index contributed by atoms with van der Waals surface area (Å²) in [7, 11) is -1.06. The molecule has 0 aliphatic carbocycles. The average molecular weight is 365 g/mol. The summed E-state index contributed by atoms with van der Waals surface area (Å²) in [6.07, 6.45) is 3.47. The van der Waals surface area contributed by atoms with E-state index < -0.39 is 8.07 Å². The Morgan fingerprint density at radius 3 is 2.52 bits per heavy atom. The van der Waals surface area contributed by atoms with Crippen molar-refractivity contribution in [3.63, 3.8) is 0 Å². The van der Waals surface area contributed by atoms with Gasteiger partial charge in [-0.1, -0.05) is 63.3 Å². The van der Waals surface area contributed by atoms with Gasteiger partial charge in [0.05, 0.1) is 19.8 Å². The zero-order chi connectivity index (χ0) is 18.2. The van der Waals surface area contributed by atoms with Gasteiger partial charge in [0.1, 0.15) is 5.60 Å². The molecule has 0 saturated carbocycles. The van der Waals surface area contributed by atoms with E-state index in [0.29, 0.717) is 25.7 Å². The van der Waals surface area contributed by atoms with Gasteiger partial charge in [-0.2, -0.15) is 0 Å². The van der Waals surface area contributed by atoms with Crippen LogP contribution in [0.4, 0.5) is 0 Å². The number of hydrogen-bond donors (Lipinski definition) is 0. The van der Waals surface area contributed by atoms with E-state index in [4.69, 9.17) is 14.2 Å². The molecule has 0 radical (unpaired) electrons. The molecule has 2 unspecified atom stereocenters. The molecular weight excluding hydrogens is 328 g/mol. The topological polar surface area (TPSA) is 27.7 Å². The van der Waals surface area contributed by atoms with Crippen molar-refractivity contribution in [1.29, 1.82) is 0 Å². The van der Waals surface area contributed by atoms with Crippen molar-refractivity contribution < 1.29 is 14.2 Å². The lowest BCUT2D eigenvalue weighted by Gasteiger charge is -2.43. The minimum atomic E-state index is -1.06. The van der Waals surface area contributed by atoms with E-state index in [1.165, 1.54) is 18.0 Å². The summed E-state index contributed by atoms with van der Waals surface area (Å²) in [6, 6.07) is 11.6. The van der Waals surface area contributed by atoms with Crippen LogP contribution in [0.1, 0.15) is 31.7 Å². The molecule has 1 fully saturated rings. The van der Waals surface area contributed by atoms with Gasteiger partial charge >= 0.3 is 0 Å². The summed E-state index contributed by atoms with van der Waals surface area (Å²) >= 11 is 0. The summed E-state index contributed by atoms with van der Waals surface area (Å²) in [6.45, 7) is 13.0. The molecule has 0 aromatic heterocycles. The quantitative estimate of drug-likeness (QED) is 0.425. The molecule has 4 heteroatoms. The maximum atomic E-state index is 6.30.